The molecule has 0 bridgehead atoms. The van der Waals surface area contributed by atoms with Crippen LogP contribution in [0, 0.1) is 0 Å². The molecule has 1 saturated heterocycles. The molecule has 0 radical (unpaired) electrons. The number of nitrogens with two attached hydrogens (primary N) is 2. The van der Waals surface area contributed by atoms with Gasteiger partial charge in [-0.3, -0.25) is 9.79 Å². The number of nitrogens with zero attached hydrogens (tertiary/aromatic N) is 6. The van der Waals surface area contributed by atoms with E-state index in [1.54, 1.807) is 47.8 Å². The Labute approximate surface area is 221 Å². The number of aromatic nitrogens is 2. The van der Waals surface area contributed by atoms with Crippen molar-refractivity contribution >= 4 is 29.2 Å². The molecule has 3 aromatic rings. The predicted molar refractivity (Wildman–Crippen MR) is 147 cm³/mol. The summed E-state index contributed by atoms with van der Waals surface area (Å²) in [5.74, 6) is 1.07. The van der Waals surface area contributed by atoms with Gasteiger partial charge in [-0.1, -0.05) is 26.8 Å². The molecule has 11 heteroatoms. The van der Waals surface area contributed by atoms with E-state index in [2.05, 4.69) is 33.8 Å². The summed E-state index contributed by atoms with van der Waals surface area (Å²) in [6.45, 7) is 8.25. The van der Waals surface area contributed by atoms with Crippen molar-refractivity contribution in [1.29, 1.82) is 0 Å². The minimum absolute atomic E-state index is 0.0229. The van der Waals surface area contributed by atoms with Crippen molar-refractivity contribution < 1.29 is 14.3 Å². The maximum Gasteiger partial charge on any atom is 0.257 e. The van der Waals surface area contributed by atoms with Gasteiger partial charge in [-0.15, -0.1) is 0 Å². The van der Waals surface area contributed by atoms with Crippen LogP contribution in [0.1, 0.15) is 60.8 Å². The number of amidine groups is 2. The number of carbonyl (C=O) groups is 1. The third kappa shape index (κ3) is 5.93. The van der Waals surface area contributed by atoms with Crippen molar-refractivity contribution in [2.75, 3.05) is 31.1 Å². The van der Waals surface area contributed by atoms with Crippen molar-refractivity contribution in [2.45, 2.75) is 39.2 Å². The first-order valence-electron chi connectivity index (χ1n) is 12.7. The average molecular weight is 519 g/mol. The average Bonchev–Trinajstić information content (AvgIpc) is 3.43. The van der Waals surface area contributed by atoms with E-state index < -0.39 is 0 Å². The van der Waals surface area contributed by atoms with E-state index in [0.29, 0.717) is 50.2 Å². The van der Waals surface area contributed by atoms with Crippen molar-refractivity contribution in [3.8, 4) is 5.75 Å². The highest BCUT2D eigenvalue weighted by molar-refractivity contribution is 6.39. The molecule has 1 atom stereocenters. The Balaban J connectivity index is 1.47. The second kappa shape index (κ2) is 11.8. The summed E-state index contributed by atoms with van der Waals surface area (Å²) in [4.78, 5) is 34.2. The van der Waals surface area contributed by atoms with Crippen molar-refractivity contribution in [1.82, 2.24) is 14.9 Å². The van der Waals surface area contributed by atoms with Crippen LogP contribution in [0.4, 0.5) is 11.6 Å². The van der Waals surface area contributed by atoms with E-state index in [1.807, 2.05) is 17.9 Å². The molecular formula is C27H34N8O3. The van der Waals surface area contributed by atoms with Crippen LogP contribution in [-0.2, 0) is 0 Å². The van der Waals surface area contributed by atoms with E-state index in [-0.39, 0.29) is 40.6 Å². The molecule has 2 aromatic heterocycles. The third-order valence-electron chi connectivity index (χ3n) is 6.47. The summed E-state index contributed by atoms with van der Waals surface area (Å²) in [6, 6.07) is 8.18. The Hall–Kier alpha value is -4.41. The summed E-state index contributed by atoms with van der Waals surface area (Å²) in [7, 11) is 0. The first kappa shape index (κ1) is 26.6. The van der Waals surface area contributed by atoms with Gasteiger partial charge in [-0.2, -0.15) is 0 Å². The first-order valence-corrected chi connectivity index (χ1v) is 12.7. The number of phenols is 1. The molecule has 5 N–H and O–H groups in total. The van der Waals surface area contributed by atoms with Gasteiger partial charge in [0.25, 0.3) is 5.91 Å². The first-order chi connectivity index (χ1) is 18.3. The van der Waals surface area contributed by atoms with Crippen LogP contribution in [0.3, 0.4) is 0 Å². The highest BCUT2D eigenvalue weighted by atomic mass is 16.3. The fraction of sp³-hybridized carbons (Fsp3) is 0.370. The molecule has 1 aromatic carbocycles. The molecule has 38 heavy (non-hydrogen) atoms. The second-order valence-corrected chi connectivity index (χ2v) is 9.37. The van der Waals surface area contributed by atoms with Gasteiger partial charge in [0, 0.05) is 38.6 Å². The number of piperazine rings is 1. The number of furan rings is 1. The van der Waals surface area contributed by atoms with Crippen LogP contribution >= 0.6 is 0 Å². The number of phenolic OH excluding ortho intramolecular Hbond substituents is 1. The molecule has 1 fully saturated rings. The quantitative estimate of drug-likeness (QED) is 0.317. The van der Waals surface area contributed by atoms with Crippen molar-refractivity contribution in [2.24, 2.45) is 21.5 Å². The maximum absolute atomic E-state index is 13.2. The zero-order chi connectivity index (χ0) is 27.2. The van der Waals surface area contributed by atoms with Gasteiger partial charge >= 0.3 is 0 Å². The van der Waals surface area contributed by atoms with Crippen LogP contribution in [0.5, 0.6) is 5.75 Å². The molecule has 1 amide bonds. The van der Waals surface area contributed by atoms with Crippen molar-refractivity contribution in [3.63, 3.8) is 0 Å². The van der Waals surface area contributed by atoms with Crippen LogP contribution < -0.4 is 16.4 Å². The van der Waals surface area contributed by atoms with Gasteiger partial charge in [0.05, 0.1) is 11.8 Å². The van der Waals surface area contributed by atoms with Crippen molar-refractivity contribution in [3.05, 3.63) is 65.9 Å². The number of para-hydroxylation sites is 1. The fourth-order valence-electron chi connectivity index (χ4n) is 4.15. The van der Waals surface area contributed by atoms with Crippen LogP contribution in [0.2, 0.25) is 0 Å². The zero-order valence-corrected chi connectivity index (χ0v) is 21.9. The lowest BCUT2D eigenvalue weighted by molar-refractivity contribution is 0.0743. The van der Waals surface area contributed by atoms with Gasteiger partial charge in [-0.05, 0) is 42.2 Å². The van der Waals surface area contributed by atoms with Gasteiger partial charge in [0.1, 0.15) is 17.5 Å². The monoisotopic (exact) mass is 518 g/mol. The predicted octanol–water partition coefficient (Wildman–Crippen LogP) is 3.36. The highest BCUT2D eigenvalue weighted by Crippen LogP contribution is 2.32. The Bertz CT molecular complexity index is 1310. The fourth-order valence-corrected chi connectivity index (χ4v) is 4.15. The number of aromatic hydroxyl groups is 1. The van der Waals surface area contributed by atoms with Crippen LogP contribution in [0.25, 0.3) is 0 Å². The lowest BCUT2D eigenvalue weighted by atomic mass is 10.1. The molecule has 11 nitrogen and oxygen atoms in total. The van der Waals surface area contributed by atoms with Gasteiger partial charge < -0.3 is 30.8 Å². The van der Waals surface area contributed by atoms with Gasteiger partial charge in [0.15, 0.2) is 17.4 Å². The van der Waals surface area contributed by atoms with Crippen LogP contribution in [-0.4, -0.2) is 63.7 Å². The standard InChI is InChI=1S/C27H34N8O3/c1-4-20(22-15-18(16-38-22)17(2)3)32-24(28)25(29)33-21-8-5-7-19(23(21)36)26(37)34-11-13-35(14-12-34)27-30-9-6-10-31-27/h5-10,15-17,20,36H,4,11-14H2,1-3H3,(H2,28,32)(H2,29,33)/t20-/m1/s1. The second-order valence-electron chi connectivity index (χ2n) is 9.37. The number of benzene rings is 1. The van der Waals surface area contributed by atoms with E-state index >= 15 is 0 Å². The molecule has 0 saturated carbocycles. The smallest absolute Gasteiger partial charge is 0.257 e. The maximum atomic E-state index is 13.2. The number of rotatable bonds is 7. The van der Waals surface area contributed by atoms with Gasteiger partial charge in [0.2, 0.25) is 5.95 Å². The number of aliphatic imine (C=N–C) groups is 2. The molecule has 0 spiro atoms. The van der Waals surface area contributed by atoms with Crippen LogP contribution in [0.15, 0.2) is 63.4 Å². The Morgan fingerprint density at radius 2 is 1.82 bits per heavy atom. The number of anilines is 1. The normalized spacial score (nSPS) is 15.7. The number of hydrogen-bond acceptors (Lipinski definition) is 8. The summed E-state index contributed by atoms with van der Waals surface area (Å²) in [5.41, 5.74) is 13.6. The lowest BCUT2D eigenvalue weighted by Crippen LogP contribution is -2.49. The number of amides is 1. The minimum atomic E-state index is -0.322. The molecule has 4 rings (SSSR count). The number of carbonyl (C=O) groups excluding carboxylic acids is 1. The van der Waals surface area contributed by atoms with E-state index in [0.717, 1.165) is 5.56 Å². The largest absolute Gasteiger partial charge is 0.505 e. The minimum Gasteiger partial charge on any atom is -0.505 e. The molecule has 3 heterocycles. The molecule has 0 unspecified atom stereocenters. The zero-order valence-electron chi connectivity index (χ0n) is 21.9. The lowest BCUT2D eigenvalue weighted by Gasteiger charge is -2.34. The number of hydrogen-bond donors (Lipinski definition) is 3. The highest BCUT2D eigenvalue weighted by Gasteiger charge is 2.26. The van der Waals surface area contributed by atoms with E-state index in [1.165, 1.54) is 0 Å². The molecule has 1 aliphatic heterocycles. The topological polar surface area (TPSA) is 159 Å². The summed E-state index contributed by atoms with van der Waals surface area (Å²) in [5, 5.41) is 10.9. The summed E-state index contributed by atoms with van der Waals surface area (Å²) in [6.07, 6.45) is 5.75. The van der Waals surface area contributed by atoms with E-state index in [4.69, 9.17) is 15.9 Å². The third-order valence-corrected chi connectivity index (χ3v) is 6.47. The molecule has 1 aliphatic rings. The molecular weight excluding hydrogens is 484 g/mol. The Morgan fingerprint density at radius 3 is 2.45 bits per heavy atom. The van der Waals surface area contributed by atoms with Gasteiger partial charge in [-0.25, -0.2) is 15.0 Å². The summed E-state index contributed by atoms with van der Waals surface area (Å²) < 4.78 is 5.69. The SMILES string of the molecule is CC[C@@H](N=C(N)C(N)=Nc1cccc(C(=O)N2CCN(c3ncccn3)CC2)c1O)c1cc(C(C)C)co1. The van der Waals surface area contributed by atoms with E-state index in [9.17, 15) is 9.90 Å². The summed E-state index contributed by atoms with van der Waals surface area (Å²) >= 11 is 0. The molecule has 200 valence electrons. The Morgan fingerprint density at radius 1 is 1.11 bits per heavy atom. The molecule has 0 aliphatic carbocycles. The Kier molecular flexibility index (Phi) is 8.25.